The number of unbranched alkanes of at least 4 members (excludes halogenated alkanes) is 5. The van der Waals surface area contributed by atoms with Crippen LogP contribution in [0.5, 0.6) is 0 Å². The van der Waals surface area contributed by atoms with Crippen molar-refractivity contribution in [3.63, 3.8) is 0 Å². The standard InChI is InChI=1S/C22H36O/c1-3-5-6-7-8-9-10-11-12-13-14-15-16-17-18-19-20-21-22-23-4-2/h4,8-9,11-12,14-15,17-18H,2-3,5-7,10,13,16,19-22H2,1H3. The molecule has 0 bridgehead atoms. The highest BCUT2D eigenvalue weighted by Gasteiger charge is 1.84. The van der Waals surface area contributed by atoms with Crippen molar-refractivity contribution in [1.29, 1.82) is 0 Å². The first kappa shape index (κ1) is 21.5. The summed E-state index contributed by atoms with van der Waals surface area (Å²) in [5.41, 5.74) is 0. The normalized spacial score (nSPS) is 12.2. The molecule has 0 amide bonds. The van der Waals surface area contributed by atoms with Crippen molar-refractivity contribution >= 4 is 0 Å². The van der Waals surface area contributed by atoms with Gasteiger partial charge in [-0.1, -0.05) is 75.0 Å². The Morgan fingerprint density at radius 3 is 1.61 bits per heavy atom. The van der Waals surface area contributed by atoms with Crippen molar-refractivity contribution < 1.29 is 4.74 Å². The van der Waals surface area contributed by atoms with E-state index in [1.807, 2.05) is 0 Å². The molecule has 0 fully saturated rings. The third kappa shape index (κ3) is 20.5. The van der Waals surface area contributed by atoms with E-state index in [2.05, 4.69) is 62.1 Å². The lowest BCUT2D eigenvalue weighted by molar-refractivity contribution is 0.243. The minimum atomic E-state index is 0.789. The molecule has 0 aliphatic rings. The molecule has 0 aliphatic carbocycles. The Bertz CT molecular complexity index is 347. The maximum atomic E-state index is 5.08. The van der Waals surface area contributed by atoms with E-state index in [4.69, 9.17) is 4.74 Å². The van der Waals surface area contributed by atoms with Gasteiger partial charge in [0.15, 0.2) is 0 Å². The molecule has 1 nitrogen and oxygen atoms in total. The predicted molar refractivity (Wildman–Crippen MR) is 105 cm³/mol. The Kier molecular flexibility index (Phi) is 19.2. The molecule has 0 heterocycles. The van der Waals surface area contributed by atoms with Gasteiger partial charge in [-0.2, -0.15) is 0 Å². The van der Waals surface area contributed by atoms with Crippen LogP contribution in [0.2, 0.25) is 0 Å². The van der Waals surface area contributed by atoms with E-state index in [1.54, 1.807) is 0 Å². The number of ether oxygens (including phenoxy) is 1. The molecule has 0 aromatic rings. The van der Waals surface area contributed by atoms with Crippen LogP contribution in [-0.4, -0.2) is 6.61 Å². The van der Waals surface area contributed by atoms with Crippen LogP contribution in [0.25, 0.3) is 0 Å². The highest BCUT2D eigenvalue weighted by atomic mass is 16.5. The second-order valence-electron chi connectivity index (χ2n) is 5.62. The first-order chi connectivity index (χ1) is 11.4. The summed E-state index contributed by atoms with van der Waals surface area (Å²) in [6.07, 6.45) is 31.4. The summed E-state index contributed by atoms with van der Waals surface area (Å²) in [6, 6.07) is 0. The van der Waals surface area contributed by atoms with Crippen molar-refractivity contribution in [2.24, 2.45) is 0 Å². The average Bonchev–Trinajstić information content (AvgIpc) is 2.57. The van der Waals surface area contributed by atoms with Crippen LogP contribution in [0, 0.1) is 0 Å². The summed E-state index contributed by atoms with van der Waals surface area (Å²) < 4.78 is 5.08. The van der Waals surface area contributed by atoms with Gasteiger partial charge >= 0.3 is 0 Å². The number of hydrogen-bond donors (Lipinski definition) is 0. The Morgan fingerprint density at radius 2 is 1.13 bits per heavy atom. The van der Waals surface area contributed by atoms with Crippen LogP contribution in [0.1, 0.15) is 71.1 Å². The maximum Gasteiger partial charge on any atom is 0.0873 e. The van der Waals surface area contributed by atoms with Crippen LogP contribution < -0.4 is 0 Å². The Labute approximate surface area is 144 Å². The molecule has 1 heteroatoms. The molecular formula is C22H36O. The van der Waals surface area contributed by atoms with E-state index in [9.17, 15) is 0 Å². The van der Waals surface area contributed by atoms with Crippen LogP contribution >= 0.6 is 0 Å². The van der Waals surface area contributed by atoms with Gasteiger partial charge in [-0.15, -0.1) is 0 Å². The maximum absolute atomic E-state index is 5.08. The lowest BCUT2D eigenvalue weighted by Crippen LogP contribution is -1.85. The molecule has 0 atom stereocenters. The molecule has 0 aromatic carbocycles. The molecule has 0 aliphatic heterocycles. The molecule has 23 heavy (non-hydrogen) atoms. The fourth-order valence-corrected chi connectivity index (χ4v) is 2.09. The van der Waals surface area contributed by atoms with Gasteiger partial charge in [0.2, 0.25) is 0 Å². The highest BCUT2D eigenvalue weighted by molar-refractivity contribution is 4.99. The van der Waals surface area contributed by atoms with Gasteiger partial charge in [0.1, 0.15) is 0 Å². The van der Waals surface area contributed by atoms with Crippen molar-refractivity contribution in [3.8, 4) is 0 Å². The van der Waals surface area contributed by atoms with E-state index >= 15 is 0 Å². The van der Waals surface area contributed by atoms with Crippen LogP contribution in [-0.2, 0) is 4.74 Å². The van der Waals surface area contributed by atoms with Crippen molar-refractivity contribution in [2.45, 2.75) is 71.1 Å². The summed E-state index contributed by atoms with van der Waals surface area (Å²) in [5.74, 6) is 0. The van der Waals surface area contributed by atoms with E-state index < -0.39 is 0 Å². The molecule has 0 rings (SSSR count). The molecule has 0 N–H and O–H groups in total. The van der Waals surface area contributed by atoms with Crippen LogP contribution in [0.4, 0.5) is 0 Å². The lowest BCUT2D eigenvalue weighted by atomic mass is 10.2. The zero-order valence-corrected chi connectivity index (χ0v) is 15.1. The molecule has 0 saturated heterocycles. The van der Waals surface area contributed by atoms with Crippen LogP contribution in [0.3, 0.4) is 0 Å². The van der Waals surface area contributed by atoms with Crippen molar-refractivity contribution in [3.05, 3.63) is 61.4 Å². The van der Waals surface area contributed by atoms with Gasteiger partial charge in [-0.05, 0) is 51.4 Å². The summed E-state index contributed by atoms with van der Waals surface area (Å²) in [6.45, 7) is 6.56. The zero-order chi connectivity index (χ0) is 16.8. The summed E-state index contributed by atoms with van der Waals surface area (Å²) >= 11 is 0. The predicted octanol–water partition coefficient (Wildman–Crippen LogP) is 7.29. The average molecular weight is 317 g/mol. The third-order valence-corrected chi connectivity index (χ3v) is 3.46. The van der Waals surface area contributed by atoms with E-state index in [1.165, 1.54) is 38.4 Å². The topological polar surface area (TPSA) is 9.23 Å². The second-order valence-corrected chi connectivity index (χ2v) is 5.62. The fourth-order valence-electron chi connectivity index (χ4n) is 2.09. The number of hydrogen-bond acceptors (Lipinski definition) is 1. The molecule has 0 spiro atoms. The number of allylic oxidation sites excluding steroid dienone is 8. The van der Waals surface area contributed by atoms with Gasteiger partial charge < -0.3 is 4.74 Å². The smallest absolute Gasteiger partial charge is 0.0873 e. The summed E-state index contributed by atoms with van der Waals surface area (Å²) in [4.78, 5) is 0. The van der Waals surface area contributed by atoms with Gasteiger partial charge in [0, 0.05) is 0 Å². The van der Waals surface area contributed by atoms with Crippen LogP contribution in [0.15, 0.2) is 61.4 Å². The SMILES string of the molecule is C=COCCCCC=CCC=CCC=CCC=CCCCCC. The first-order valence-electron chi connectivity index (χ1n) is 9.24. The van der Waals surface area contributed by atoms with Gasteiger partial charge in [0.25, 0.3) is 0 Å². The quantitative estimate of drug-likeness (QED) is 0.165. The minimum Gasteiger partial charge on any atom is -0.502 e. The highest BCUT2D eigenvalue weighted by Crippen LogP contribution is 2.01. The minimum absolute atomic E-state index is 0.789. The Balaban J connectivity index is 3.35. The molecule has 0 aromatic heterocycles. The third-order valence-electron chi connectivity index (χ3n) is 3.46. The van der Waals surface area contributed by atoms with E-state index in [0.29, 0.717) is 0 Å². The first-order valence-corrected chi connectivity index (χ1v) is 9.24. The Morgan fingerprint density at radius 1 is 0.652 bits per heavy atom. The summed E-state index contributed by atoms with van der Waals surface area (Å²) in [5, 5.41) is 0. The molecule has 0 unspecified atom stereocenters. The molecule has 0 saturated carbocycles. The van der Waals surface area contributed by atoms with E-state index in [-0.39, 0.29) is 0 Å². The monoisotopic (exact) mass is 316 g/mol. The van der Waals surface area contributed by atoms with Gasteiger partial charge in [0.05, 0.1) is 12.9 Å². The number of rotatable bonds is 16. The lowest BCUT2D eigenvalue weighted by Gasteiger charge is -1.97. The van der Waals surface area contributed by atoms with Gasteiger partial charge in [-0.3, -0.25) is 0 Å². The molecule has 130 valence electrons. The van der Waals surface area contributed by atoms with Gasteiger partial charge in [-0.25, -0.2) is 0 Å². The van der Waals surface area contributed by atoms with Crippen molar-refractivity contribution in [1.82, 2.24) is 0 Å². The zero-order valence-electron chi connectivity index (χ0n) is 15.1. The Hall–Kier alpha value is -1.50. The molecular weight excluding hydrogens is 280 g/mol. The fraction of sp³-hybridized carbons (Fsp3) is 0.545. The summed E-state index contributed by atoms with van der Waals surface area (Å²) in [7, 11) is 0. The van der Waals surface area contributed by atoms with E-state index in [0.717, 1.165) is 38.7 Å². The molecule has 0 radical (unpaired) electrons. The largest absolute Gasteiger partial charge is 0.502 e. The second kappa shape index (κ2) is 20.5. The van der Waals surface area contributed by atoms with Crippen molar-refractivity contribution in [2.75, 3.05) is 6.61 Å².